The molecule has 0 aromatic heterocycles. The number of unbranched alkanes of at least 4 members (excludes halogenated alkanes) is 1. The van der Waals surface area contributed by atoms with Crippen LogP contribution in [0.25, 0.3) is 0 Å². The summed E-state index contributed by atoms with van der Waals surface area (Å²) < 4.78 is 11.2. The normalized spacial score (nSPS) is 18.6. The third-order valence-electron chi connectivity index (χ3n) is 4.81. The Bertz CT molecular complexity index is 334. The predicted molar refractivity (Wildman–Crippen MR) is 112 cm³/mol. The number of hydrogen-bond acceptors (Lipinski definition) is 3. The maximum absolute atomic E-state index is 5.76. The van der Waals surface area contributed by atoms with Gasteiger partial charge in [0.1, 0.15) is 0 Å². The average molecular weight is 455 g/mol. The predicted octanol–water partition coefficient (Wildman–Crippen LogP) is 3.57. The second kappa shape index (κ2) is 14.1. The van der Waals surface area contributed by atoms with Crippen LogP contribution in [0.2, 0.25) is 0 Å². The number of ether oxygens (including phenoxy) is 2. The first-order chi connectivity index (χ1) is 11.2. The highest BCUT2D eigenvalue weighted by atomic mass is 127. The van der Waals surface area contributed by atoms with E-state index < -0.39 is 0 Å². The smallest absolute Gasteiger partial charge is 0.191 e. The quantitative estimate of drug-likeness (QED) is 0.301. The first-order valence-electron chi connectivity index (χ1n) is 9.34. The van der Waals surface area contributed by atoms with Crippen LogP contribution in [-0.4, -0.2) is 51.5 Å². The van der Waals surface area contributed by atoms with Crippen LogP contribution in [0, 0.1) is 5.92 Å². The lowest BCUT2D eigenvalue weighted by atomic mass is 9.94. The van der Waals surface area contributed by atoms with Crippen molar-refractivity contribution in [2.75, 3.05) is 40.0 Å². The van der Waals surface area contributed by atoms with Crippen LogP contribution in [0.15, 0.2) is 4.99 Å². The third kappa shape index (κ3) is 8.85. The summed E-state index contributed by atoms with van der Waals surface area (Å²) in [6.07, 6.45) is 6.91. The minimum Gasteiger partial charge on any atom is -0.381 e. The molecule has 1 rings (SSSR count). The lowest BCUT2D eigenvalue weighted by Crippen LogP contribution is -2.44. The van der Waals surface area contributed by atoms with Gasteiger partial charge < -0.3 is 20.1 Å². The second-order valence-electron chi connectivity index (χ2n) is 6.49. The van der Waals surface area contributed by atoms with Crippen LogP contribution in [-0.2, 0) is 9.47 Å². The van der Waals surface area contributed by atoms with Crippen molar-refractivity contribution >= 4 is 29.9 Å². The Morgan fingerprint density at radius 2 is 1.92 bits per heavy atom. The van der Waals surface area contributed by atoms with Gasteiger partial charge in [-0.05, 0) is 19.3 Å². The fourth-order valence-corrected chi connectivity index (χ4v) is 2.92. The number of nitrogens with one attached hydrogen (secondary N) is 2. The molecular formula is C18H38IN3O2. The van der Waals surface area contributed by atoms with E-state index in [1.807, 2.05) is 0 Å². The molecule has 5 nitrogen and oxygen atoms in total. The average Bonchev–Trinajstić information content (AvgIpc) is 2.60. The summed E-state index contributed by atoms with van der Waals surface area (Å²) >= 11 is 0. The van der Waals surface area contributed by atoms with Gasteiger partial charge in [0.2, 0.25) is 0 Å². The molecule has 0 aromatic rings. The van der Waals surface area contributed by atoms with Crippen LogP contribution in [0.4, 0.5) is 0 Å². The van der Waals surface area contributed by atoms with Crippen molar-refractivity contribution in [3.8, 4) is 0 Å². The number of nitrogens with zero attached hydrogens (tertiary/aromatic N) is 1. The first-order valence-corrected chi connectivity index (χ1v) is 9.34. The molecule has 0 bridgehead atoms. The zero-order valence-electron chi connectivity index (χ0n) is 16.0. The molecule has 1 fully saturated rings. The van der Waals surface area contributed by atoms with Crippen molar-refractivity contribution in [3.05, 3.63) is 0 Å². The van der Waals surface area contributed by atoms with Crippen molar-refractivity contribution in [2.24, 2.45) is 10.9 Å². The number of rotatable bonds is 10. The molecule has 1 atom stereocenters. The molecule has 144 valence electrons. The summed E-state index contributed by atoms with van der Waals surface area (Å²) in [5.74, 6) is 1.63. The van der Waals surface area contributed by atoms with Crippen molar-refractivity contribution in [1.29, 1.82) is 0 Å². The molecule has 1 heterocycles. The molecule has 0 aliphatic carbocycles. The monoisotopic (exact) mass is 455 g/mol. The summed E-state index contributed by atoms with van der Waals surface area (Å²) in [5, 5.41) is 6.86. The molecule has 1 unspecified atom stereocenters. The molecule has 0 amide bonds. The minimum absolute atomic E-state index is 0. The maximum Gasteiger partial charge on any atom is 0.191 e. The zero-order chi connectivity index (χ0) is 17.0. The number of hydrogen-bond donors (Lipinski definition) is 2. The summed E-state index contributed by atoms with van der Waals surface area (Å²) in [6, 6.07) is 0. The van der Waals surface area contributed by atoms with Gasteiger partial charge >= 0.3 is 0 Å². The Labute approximate surface area is 165 Å². The summed E-state index contributed by atoms with van der Waals surface area (Å²) in [7, 11) is 1.79. The summed E-state index contributed by atoms with van der Waals surface area (Å²) in [6.45, 7) is 10.7. The number of aliphatic imine (C=N–C) groups is 1. The van der Waals surface area contributed by atoms with Crippen molar-refractivity contribution in [3.63, 3.8) is 0 Å². The Kier molecular flexibility index (Phi) is 14.1. The summed E-state index contributed by atoms with van der Waals surface area (Å²) in [4.78, 5) is 4.78. The van der Waals surface area contributed by atoms with Gasteiger partial charge in [-0.3, -0.25) is 4.99 Å². The first kappa shape index (κ1) is 23.9. The van der Waals surface area contributed by atoms with Gasteiger partial charge in [0.25, 0.3) is 0 Å². The number of halogens is 1. The molecule has 24 heavy (non-hydrogen) atoms. The largest absolute Gasteiger partial charge is 0.381 e. The molecule has 0 radical (unpaired) electrons. The van der Waals surface area contributed by atoms with E-state index in [0.29, 0.717) is 6.54 Å². The molecular weight excluding hydrogens is 417 g/mol. The van der Waals surface area contributed by atoms with E-state index in [4.69, 9.17) is 14.5 Å². The van der Waals surface area contributed by atoms with E-state index in [1.165, 1.54) is 25.7 Å². The Morgan fingerprint density at radius 1 is 1.21 bits per heavy atom. The van der Waals surface area contributed by atoms with E-state index in [0.717, 1.165) is 51.0 Å². The molecule has 0 spiro atoms. The molecule has 6 heteroatoms. The number of guanidine groups is 1. The van der Waals surface area contributed by atoms with E-state index >= 15 is 0 Å². The number of methoxy groups -OCH3 is 1. The van der Waals surface area contributed by atoms with Crippen LogP contribution < -0.4 is 10.6 Å². The SMILES string of the molecule is CCCCC(CC)CNC(=NCC1(OC)CCOCC1)NCC.I. The summed E-state index contributed by atoms with van der Waals surface area (Å²) in [5.41, 5.74) is -0.160. The van der Waals surface area contributed by atoms with Crippen molar-refractivity contribution < 1.29 is 9.47 Å². The van der Waals surface area contributed by atoms with Crippen LogP contribution in [0.3, 0.4) is 0 Å². The lowest BCUT2D eigenvalue weighted by molar-refractivity contribution is -0.0828. The van der Waals surface area contributed by atoms with Crippen LogP contribution >= 0.6 is 24.0 Å². The van der Waals surface area contributed by atoms with Crippen molar-refractivity contribution in [2.45, 2.75) is 64.9 Å². The minimum atomic E-state index is -0.160. The fourth-order valence-electron chi connectivity index (χ4n) is 2.92. The lowest BCUT2D eigenvalue weighted by Gasteiger charge is -2.34. The standard InChI is InChI=1S/C18H37N3O2.HI/c1-5-8-9-16(6-2)14-20-17(19-7-3)21-15-18(22-4)10-12-23-13-11-18;/h16H,5-15H2,1-4H3,(H2,19,20,21);1H. The van der Waals surface area contributed by atoms with Crippen molar-refractivity contribution in [1.82, 2.24) is 10.6 Å². The molecule has 0 aromatic carbocycles. The van der Waals surface area contributed by atoms with Gasteiger partial charge in [0.05, 0.1) is 12.1 Å². The van der Waals surface area contributed by atoms with E-state index in [-0.39, 0.29) is 29.6 Å². The van der Waals surface area contributed by atoms with Gasteiger partial charge in [0.15, 0.2) is 5.96 Å². The van der Waals surface area contributed by atoms with Crippen LogP contribution in [0.5, 0.6) is 0 Å². The van der Waals surface area contributed by atoms with Gasteiger partial charge in [0, 0.05) is 46.3 Å². The Morgan fingerprint density at radius 3 is 2.46 bits per heavy atom. The molecule has 1 aliphatic heterocycles. The zero-order valence-corrected chi connectivity index (χ0v) is 18.4. The highest BCUT2D eigenvalue weighted by Gasteiger charge is 2.32. The Hall–Kier alpha value is -0.0800. The molecule has 1 aliphatic rings. The van der Waals surface area contributed by atoms with Crippen LogP contribution in [0.1, 0.15) is 59.3 Å². The van der Waals surface area contributed by atoms with Gasteiger partial charge in [-0.1, -0.05) is 33.1 Å². The topological polar surface area (TPSA) is 54.9 Å². The molecule has 2 N–H and O–H groups in total. The van der Waals surface area contributed by atoms with E-state index in [2.05, 4.69) is 31.4 Å². The van der Waals surface area contributed by atoms with E-state index in [1.54, 1.807) is 7.11 Å². The highest BCUT2D eigenvalue weighted by Crippen LogP contribution is 2.24. The van der Waals surface area contributed by atoms with Gasteiger partial charge in [-0.15, -0.1) is 24.0 Å². The third-order valence-corrected chi connectivity index (χ3v) is 4.81. The maximum atomic E-state index is 5.76. The highest BCUT2D eigenvalue weighted by molar-refractivity contribution is 14.0. The second-order valence-corrected chi connectivity index (χ2v) is 6.49. The molecule has 0 saturated carbocycles. The molecule has 1 saturated heterocycles. The van der Waals surface area contributed by atoms with E-state index in [9.17, 15) is 0 Å². The van der Waals surface area contributed by atoms with Gasteiger partial charge in [-0.25, -0.2) is 0 Å². The fraction of sp³-hybridized carbons (Fsp3) is 0.944. The Balaban J connectivity index is 0.00000529. The van der Waals surface area contributed by atoms with Gasteiger partial charge in [-0.2, -0.15) is 0 Å².